The molecule has 0 spiro atoms. The Morgan fingerprint density at radius 2 is 1.83 bits per heavy atom. The molecule has 7 heteroatoms. The molecule has 1 fully saturated rings. The van der Waals surface area contributed by atoms with Crippen LogP contribution in [0.2, 0.25) is 0 Å². The van der Waals surface area contributed by atoms with Crippen molar-refractivity contribution >= 4 is 8.03 Å². The minimum atomic E-state index is -1.61. The van der Waals surface area contributed by atoms with Crippen molar-refractivity contribution in [1.82, 2.24) is 0 Å². The largest absolute Gasteiger partial charge is 0.507 e. The first-order valence-corrected chi connectivity index (χ1v) is 11.6. The van der Waals surface area contributed by atoms with Gasteiger partial charge in [0.05, 0.1) is 13.7 Å². The van der Waals surface area contributed by atoms with E-state index in [-0.39, 0.29) is 11.6 Å². The van der Waals surface area contributed by atoms with E-state index in [0.717, 1.165) is 42.7 Å². The summed E-state index contributed by atoms with van der Waals surface area (Å²) in [5, 5.41) is 0. The van der Waals surface area contributed by atoms with Crippen LogP contribution in [0.25, 0.3) is 0 Å². The summed E-state index contributed by atoms with van der Waals surface area (Å²) in [6.07, 6.45) is 2.95. The Labute approximate surface area is 178 Å². The number of benzene rings is 2. The van der Waals surface area contributed by atoms with Gasteiger partial charge in [0, 0.05) is 19.6 Å². The van der Waals surface area contributed by atoms with Crippen LogP contribution in [0.1, 0.15) is 41.9 Å². The highest BCUT2D eigenvalue weighted by molar-refractivity contribution is 7.39. The van der Waals surface area contributed by atoms with Crippen molar-refractivity contribution in [3.63, 3.8) is 0 Å². The molecule has 1 saturated heterocycles. The first-order valence-electron chi connectivity index (χ1n) is 10.3. The molecule has 2 aromatic carbocycles. The molecular formula is C23H29FO5P+. The lowest BCUT2D eigenvalue weighted by molar-refractivity contribution is 0.0852. The molecule has 0 aliphatic carbocycles. The molecule has 0 bridgehead atoms. The fraction of sp³-hybridized carbons (Fsp3) is 0.478. The number of aryl methyl sites for hydroxylation is 2. The van der Waals surface area contributed by atoms with Gasteiger partial charge in [-0.2, -0.15) is 0 Å². The van der Waals surface area contributed by atoms with Crippen LogP contribution >= 0.6 is 8.03 Å². The summed E-state index contributed by atoms with van der Waals surface area (Å²) in [5.74, 6) is 1.53. The summed E-state index contributed by atoms with van der Waals surface area (Å²) < 4.78 is 47.9. The zero-order chi connectivity index (χ0) is 21.5. The molecule has 1 aliphatic rings. The first kappa shape index (κ1) is 22.7. The van der Waals surface area contributed by atoms with Crippen LogP contribution in [0.4, 0.5) is 4.39 Å². The highest BCUT2D eigenvalue weighted by atomic mass is 31.1. The van der Waals surface area contributed by atoms with Gasteiger partial charge in [-0.3, -0.25) is 0 Å². The van der Waals surface area contributed by atoms with Crippen molar-refractivity contribution in [3.8, 4) is 17.2 Å². The highest BCUT2D eigenvalue weighted by Crippen LogP contribution is 2.35. The van der Waals surface area contributed by atoms with E-state index in [4.69, 9.17) is 18.7 Å². The lowest BCUT2D eigenvalue weighted by atomic mass is 9.92. The Kier molecular flexibility index (Phi) is 8.20. The summed E-state index contributed by atoms with van der Waals surface area (Å²) in [5.41, 5.74) is 2.72. The second-order valence-electron chi connectivity index (χ2n) is 7.51. The van der Waals surface area contributed by atoms with Crippen molar-refractivity contribution in [2.24, 2.45) is 0 Å². The molecule has 3 rings (SSSR count). The van der Waals surface area contributed by atoms with Gasteiger partial charge >= 0.3 is 8.03 Å². The van der Waals surface area contributed by atoms with Crippen molar-refractivity contribution < 1.29 is 27.7 Å². The van der Waals surface area contributed by atoms with Crippen LogP contribution in [0, 0.1) is 19.7 Å². The molecule has 0 aromatic heterocycles. The average Bonchev–Trinajstić information content (AvgIpc) is 2.75. The maximum atomic E-state index is 14.7. The SMILES string of the molecule is CO[P+](=O)CCCOc1cc(C)c(Oc2ccc(C3CCOCC3)cc2F)c(C)c1. The zero-order valence-electron chi connectivity index (χ0n) is 17.8. The molecule has 1 aliphatic heterocycles. The third-order valence-corrected chi connectivity index (χ3v) is 6.34. The quantitative estimate of drug-likeness (QED) is 0.342. The molecule has 1 heterocycles. The van der Waals surface area contributed by atoms with E-state index in [1.54, 1.807) is 12.1 Å². The average molecular weight is 435 g/mol. The molecule has 0 saturated carbocycles. The third kappa shape index (κ3) is 6.00. The van der Waals surface area contributed by atoms with E-state index in [2.05, 4.69) is 0 Å². The summed E-state index contributed by atoms with van der Waals surface area (Å²) in [6.45, 7) is 5.71. The van der Waals surface area contributed by atoms with Gasteiger partial charge in [-0.15, -0.1) is 4.52 Å². The van der Waals surface area contributed by atoms with E-state index in [1.165, 1.54) is 7.11 Å². The van der Waals surface area contributed by atoms with Crippen LogP contribution in [0.5, 0.6) is 17.2 Å². The number of hydrogen-bond acceptors (Lipinski definition) is 5. The summed E-state index contributed by atoms with van der Waals surface area (Å²) in [7, 11) is -0.170. The van der Waals surface area contributed by atoms with Crippen LogP contribution in [-0.4, -0.2) is 33.1 Å². The van der Waals surface area contributed by atoms with E-state index >= 15 is 0 Å². The molecule has 1 unspecified atom stereocenters. The Hall–Kier alpha value is -2.01. The summed E-state index contributed by atoms with van der Waals surface area (Å²) in [6, 6.07) is 8.97. The number of rotatable bonds is 9. The Morgan fingerprint density at radius 3 is 2.47 bits per heavy atom. The van der Waals surface area contributed by atoms with Gasteiger partial charge in [-0.1, -0.05) is 6.07 Å². The van der Waals surface area contributed by atoms with Gasteiger partial charge in [0.25, 0.3) is 0 Å². The van der Waals surface area contributed by atoms with Gasteiger partial charge in [-0.25, -0.2) is 4.39 Å². The second kappa shape index (κ2) is 10.9. The topological polar surface area (TPSA) is 54.0 Å². The summed E-state index contributed by atoms with van der Waals surface area (Å²) >= 11 is 0. The van der Waals surface area contributed by atoms with Gasteiger partial charge in [0.2, 0.25) is 0 Å². The molecule has 30 heavy (non-hydrogen) atoms. The Morgan fingerprint density at radius 1 is 1.13 bits per heavy atom. The van der Waals surface area contributed by atoms with Gasteiger partial charge in [0.15, 0.2) is 17.7 Å². The first-order chi connectivity index (χ1) is 14.5. The molecule has 1 atom stereocenters. The maximum Gasteiger partial charge on any atom is 0.507 e. The predicted molar refractivity (Wildman–Crippen MR) is 115 cm³/mol. The van der Waals surface area contributed by atoms with Crippen molar-refractivity contribution in [1.29, 1.82) is 0 Å². The predicted octanol–water partition coefficient (Wildman–Crippen LogP) is 6.29. The minimum absolute atomic E-state index is 0.217. The normalized spacial score (nSPS) is 15.1. The minimum Gasteiger partial charge on any atom is -0.493 e. The van der Waals surface area contributed by atoms with Gasteiger partial charge in [0.1, 0.15) is 11.5 Å². The Balaban J connectivity index is 1.65. The number of halogens is 1. The van der Waals surface area contributed by atoms with E-state index in [9.17, 15) is 8.96 Å². The monoisotopic (exact) mass is 435 g/mol. The maximum absolute atomic E-state index is 14.7. The molecule has 0 N–H and O–H groups in total. The molecular weight excluding hydrogens is 406 g/mol. The van der Waals surface area contributed by atoms with Crippen LogP contribution in [0.3, 0.4) is 0 Å². The molecule has 162 valence electrons. The third-order valence-electron chi connectivity index (χ3n) is 5.25. The van der Waals surface area contributed by atoms with Crippen molar-refractivity contribution in [3.05, 3.63) is 52.8 Å². The molecule has 2 aromatic rings. The van der Waals surface area contributed by atoms with Crippen LogP contribution in [0.15, 0.2) is 30.3 Å². The zero-order valence-corrected chi connectivity index (χ0v) is 18.7. The van der Waals surface area contributed by atoms with Gasteiger partial charge < -0.3 is 14.2 Å². The lowest BCUT2D eigenvalue weighted by Crippen LogP contribution is -2.14. The van der Waals surface area contributed by atoms with E-state index in [0.29, 0.717) is 36.6 Å². The fourth-order valence-electron chi connectivity index (χ4n) is 3.62. The number of ether oxygens (including phenoxy) is 3. The highest BCUT2D eigenvalue weighted by Gasteiger charge is 2.19. The van der Waals surface area contributed by atoms with Crippen LogP contribution < -0.4 is 9.47 Å². The number of hydrogen-bond donors (Lipinski definition) is 0. The van der Waals surface area contributed by atoms with Gasteiger partial charge in [-0.05, 0) is 78.1 Å². The van der Waals surface area contributed by atoms with Crippen molar-refractivity contribution in [2.75, 3.05) is 33.1 Å². The van der Waals surface area contributed by atoms with Crippen LogP contribution in [-0.2, 0) is 13.8 Å². The summed E-state index contributed by atoms with van der Waals surface area (Å²) in [4.78, 5) is 0. The van der Waals surface area contributed by atoms with Crippen molar-refractivity contribution in [2.45, 2.75) is 39.0 Å². The smallest absolute Gasteiger partial charge is 0.493 e. The van der Waals surface area contributed by atoms with E-state index in [1.807, 2.05) is 32.0 Å². The van der Waals surface area contributed by atoms with E-state index < -0.39 is 8.03 Å². The molecule has 0 amide bonds. The molecule has 0 radical (unpaired) electrons. The lowest BCUT2D eigenvalue weighted by Gasteiger charge is -2.23. The fourth-order valence-corrected chi connectivity index (χ4v) is 4.19. The Bertz CT molecular complexity index is 857. The standard InChI is InChI=1S/C23H29FO5P/c1-16-13-20(28-9-4-12-30(25)26-3)14-17(2)23(16)29-22-6-5-19(15-21(22)24)18-7-10-27-11-8-18/h5-6,13-15,18H,4,7-12H2,1-3H3/q+1. The molecule has 5 nitrogen and oxygen atoms in total. The second-order valence-corrected chi connectivity index (χ2v) is 8.98.